The van der Waals surface area contributed by atoms with Crippen LogP contribution < -0.4 is 0 Å². The minimum Gasteiger partial charge on any atom is -0.339 e. The van der Waals surface area contributed by atoms with Crippen molar-refractivity contribution in [2.45, 2.75) is 68.8 Å². The predicted octanol–water partition coefficient (Wildman–Crippen LogP) is 3.26. The topological polar surface area (TPSA) is 57.7 Å². The summed E-state index contributed by atoms with van der Waals surface area (Å²) in [4.78, 5) is 14.7. The minimum atomic E-state index is -3.48. The van der Waals surface area contributed by atoms with Crippen LogP contribution in [0.25, 0.3) is 0 Å². The van der Waals surface area contributed by atoms with Gasteiger partial charge in [0.15, 0.2) is 0 Å². The number of piperidine rings is 1. The number of carbonyl (C=O) groups is 1. The molecule has 1 aromatic carbocycles. The molecule has 0 spiro atoms. The number of benzene rings is 1. The van der Waals surface area contributed by atoms with Crippen molar-refractivity contribution in [1.82, 2.24) is 9.21 Å². The van der Waals surface area contributed by atoms with Crippen molar-refractivity contribution >= 4 is 15.9 Å². The second kappa shape index (κ2) is 7.46. The van der Waals surface area contributed by atoms with Crippen LogP contribution in [0.2, 0.25) is 0 Å². The average Bonchev–Trinajstić information content (AvgIpc) is 3.15. The van der Waals surface area contributed by atoms with Crippen molar-refractivity contribution in [3.05, 3.63) is 29.8 Å². The second-order valence-corrected chi connectivity index (χ2v) is 9.23. The van der Waals surface area contributed by atoms with E-state index in [1.807, 2.05) is 18.9 Å². The summed E-state index contributed by atoms with van der Waals surface area (Å²) in [6.45, 7) is 2.54. The van der Waals surface area contributed by atoms with E-state index in [2.05, 4.69) is 0 Å². The van der Waals surface area contributed by atoms with E-state index in [9.17, 15) is 13.2 Å². The highest BCUT2D eigenvalue weighted by atomic mass is 32.2. The van der Waals surface area contributed by atoms with Gasteiger partial charge in [-0.2, -0.15) is 4.31 Å². The molecule has 2 fully saturated rings. The van der Waals surface area contributed by atoms with Crippen LogP contribution in [0, 0.1) is 0 Å². The summed E-state index contributed by atoms with van der Waals surface area (Å²) in [6, 6.07) is 6.79. The summed E-state index contributed by atoms with van der Waals surface area (Å²) in [5, 5.41) is 0. The van der Waals surface area contributed by atoms with Gasteiger partial charge in [-0.25, -0.2) is 8.42 Å². The lowest BCUT2D eigenvalue weighted by Gasteiger charge is -2.32. The van der Waals surface area contributed by atoms with Crippen LogP contribution in [0.15, 0.2) is 29.2 Å². The van der Waals surface area contributed by atoms with E-state index >= 15 is 0 Å². The smallest absolute Gasteiger partial charge is 0.253 e. The lowest BCUT2D eigenvalue weighted by molar-refractivity contribution is 0.0735. The van der Waals surface area contributed by atoms with E-state index in [0.29, 0.717) is 18.2 Å². The molecule has 1 aromatic rings. The molecule has 1 aliphatic carbocycles. The fraction of sp³-hybridized carbons (Fsp3) is 0.632. The maximum absolute atomic E-state index is 12.9. The van der Waals surface area contributed by atoms with Crippen molar-refractivity contribution in [2.24, 2.45) is 0 Å². The van der Waals surface area contributed by atoms with Crippen LogP contribution in [0.5, 0.6) is 0 Å². The first-order chi connectivity index (χ1) is 11.9. The Morgan fingerprint density at radius 3 is 2.24 bits per heavy atom. The zero-order chi connectivity index (χ0) is 18.0. The molecule has 1 amide bonds. The van der Waals surface area contributed by atoms with Crippen molar-refractivity contribution in [3.63, 3.8) is 0 Å². The molecule has 1 aliphatic heterocycles. The SMILES string of the molecule is C[C@H]1CCCCN1S(=O)(=O)c1ccc(C(=O)N(C)C2CCCC2)cc1. The Bertz CT molecular complexity index is 709. The molecule has 6 heteroatoms. The van der Waals surface area contributed by atoms with E-state index in [1.54, 1.807) is 28.6 Å². The Hall–Kier alpha value is -1.40. The van der Waals surface area contributed by atoms with Gasteiger partial charge in [-0.15, -0.1) is 0 Å². The summed E-state index contributed by atoms with van der Waals surface area (Å²) in [7, 11) is -1.64. The van der Waals surface area contributed by atoms with Gasteiger partial charge in [0.25, 0.3) is 5.91 Å². The van der Waals surface area contributed by atoms with E-state index in [0.717, 1.165) is 32.1 Å². The molecular weight excluding hydrogens is 336 g/mol. The highest BCUT2D eigenvalue weighted by Gasteiger charge is 2.31. The van der Waals surface area contributed by atoms with Crippen LogP contribution >= 0.6 is 0 Å². The molecule has 0 radical (unpaired) electrons. The maximum atomic E-state index is 12.9. The maximum Gasteiger partial charge on any atom is 0.253 e. The Labute approximate surface area is 151 Å². The summed E-state index contributed by atoms with van der Waals surface area (Å²) in [5.74, 6) is -0.0258. The first-order valence-corrected chi connectivity index (χ1v) is 10.7. The van der Waals surface area contributed by atoms with Gasteiger partial charge in [0.2, 0.25) is 10.0 Å². The summed E-state index contributed by atoms with van der Waals surface area (Å²) < 4.78 is 27.3. The van der Waals surface area contributed by atoms with Gasteiger partial charge in [-0.1, -0.05) is 19.3 Å². The molecule has 2 aliphatic rings. The number of carbonyl (C=O) groups excluding carboxylic acids is 1. The molecule has 0 unspecified atom stereocenters. The molecule has 3 rings (SSSR count). The van der Waals surface area contributed by atoms with Gasteiger partial charge in [-0.3, -0.25) is 4.79 Å². The Balaban J connectivity index is 1.76. The first kappa shape index (κ1) is 18.4. The standard InChI is InChI=1S/C19H28N2O3S/c1-15-7-5-6-14-21(15)25(23,24)18-12-10-16(11-13-18)19(22)20(2)17-8-3-4-9-17/h10-13,15,17H,3-9,14H2,1-2H3/t15-/m0/s1. The third kappa shape index (κ3) is 3.75. The Kier molecular flexibility index (Phi) is 5.49. The van der Waals surface area contributed by atoms with Crippen molar-refractivity contribution in [2.75, 3.05) is 13.6 Å². The van der Waals surface area contributed by atoms with E-state index in [4.69, 9.17) is 0 Å². The monoisotopic (exact) mass is 364 g/mol. The van der Waals surface area contributed by atoms with E-state index in [-0.39, 0.29) is 16.8 Å². The van der Waals surface area contributed by atoms with Crippen LogP contribution in [0.4, 0.5) is 0 Å². The molecule has 1 atom stereocenters. The van der Waals surface area contributed by atoms with Crippen LogP contribution in [0.3, 0.4) is 0 Å². The molecular formula is C19H28N2O3S. The van der Waals surface area contributed by atoms with Gasteiger partial charge in [0, 0.05) is 31.2 Å². The lowest BCUT2D eigenvalue weighted by atomic mass is 10.1. The number of sulfonamides is 1. The van der Waals surface area contributed by atoms with Crippen LogP contribution in [0.1, 0.15) is 62.2 Å². The molecule has 0 N–H and O–H groups in total. The molecule has 1 saturated carbocycles. The number of amides is 1. The molecule has 1 saturated heterocycles. The number of nitrogens with zero attached hydrogens (tertiary/aromatic N) is 2. The van der Waals surface area contributed by atoms with Gasteiger partial charge in [-0.05, 0) is 56.9 Å². The Morgan fingerprint density at radius 2 is 1.64 bits per heavy atom. The normalized spacial score (nSPS) is 22.9. The molecule has 0 aromatic heterocycles. The predicted molar refractivity (Wildman–Crippen MR) is 98.0 cm³/mol. The average molecular weight is 365 g/mol. The van der Waals surface area contributed by atoms with Gasteiger partial charge in [0.05, 0.1) is 4.90 Å². The third-order valence-electron chi connectivity index (χ3n) is 5.64. The van der Waals surface area contributed by atoms with Gasteiger partial charge >= 0.3 is 0 Å². The summed E-state index contributed by atoms with van der Waals surface area (Å²) in [5.41, 5.74) is 0.556. The quantitative estimate of drug-likeness (QED) is 0.824. The highest BCUT2D eigenvalue weighted by molar-refractivity contribution is 7.89. The van der Waals surface area contributed by atoms with Crippen molar-refractivity contribution < 1.29 is 13.2 Å². The minimum absolute atomic E-state index is 0.0258. The molecule has 25 heavy (non-hydrogen) atoms. The largest absolute Gasteiger partial charge is 0.339 e. The molecule has 138 valence electrons. The van der Waals surface area contributed by atoms with E-state index < -0.39 is 10.0 Å². The van der Waals surface area contributed by atoms with Crippen molar-refractivity contribution in [3.8, 4) is 0 Å². The molecule has 1 heterocycles. The summed E-state index contributed by atoms with van der Waals surface area (Å²) >= 11 is 0. The van der Waals surface area contributed by atoms with Crippen LogP contribution in [-0.2, 0) is 10.0 Å². The first-order valence-electron chi connectivity index (χ1n) is 9.30. The van der Waals surface area contributed by atoms with Gasteiger partial charge < -0.3 is 4.90 Å². The number of hydrogen-bond donors (Lipinski definition) is 0. The van der Waals surface area contributed by atoms with Crippen molar-refractivity contribution in [1.29, 1.82) is 0 Å². The third-order valence-corrected chi connectivity index (χ3v) is 7.67. The van der Waals surface area contributed by atoms with Gasteiger partial charge in [0.1, 0.15) is 0 Å². The lowest BCUT2D eigenvalue weighted by Crippen LogP contribution is -2.41. The summed E-state index contributed by atoms with van der Waals surface area (Å²) in [6.07, 6.45) is 7.35. The van der Waals surface area contributed by atoms with Crippen LogP contribution in [-0.4, -0.2) is 49.2 Å². The number of rotatable bonds is 4. The highest BCUT2D eigenvalue weighted by Crippen LogP contribution is 2.26. The zero-order valence-electron chi connectivity index (χ0n) is 15.1. The zero-order valence-corrected chi connectivity index (χ0v) is 16.0. The Morgan fingerprint density at radius 1 is 1.04 bits per heavy atom. The fourth-order valence-electron chi connectivity index (χ4n) is 3.99. The fourth-order valence-corrected chi connectivity index (χ4v) is 5.69. The second-order valence-electron chi connectivity index (χ2n) is 7.34. The number of hydrogen-bond acceptors (Lipinski definition) is 3. The van der Waals surface area contributed by atoms with E-state index in [1.165, 1.54) is 12.8 Å². The molecule has 5 nitrogen and oxygen atoms in total. The molecule has 0 bridgehead atoms.